The highest BCUT2D eigenvalue weighted by Crippen LogP contribution is 2.24. The second-order valence-electron chi connectivity index (χ2n) is 7.13. The van der Waals surface area contributed by atoms with Crippen molar-refractivity contribution in [3.63, 3.8) is 0 Å². The number of nitrogens with zero attached hydrogens (tertiary/aromatic N) is 2. The van der Waals surface area contributed by atoms with Gasteiger partial charge in [0.2, 0.25) is 5.91 Å². The lowest BCUT2D eigenvalue weighted by Crippen LogP contribution is -2.16. The van der Waals surface area contributed by atoms with Gasteiger partial charge in [0.1, 0.15) is 0 Å². The number of carbonyl (C=O) groups excluding carboxylic acids is 1. The van der Waals surface area contributed by atoms with Crippen molar-refractivity contribution < 1.29 is 4.79 Å². The van der Waals surface area contributed by atoms with Crippen LogP contribution in [0, 0.1) is 6.92 Å². The molecule has 146 valence electrons. The first-order valence-corrected chi connectivity index (χ1v) is 10.6. The van der Waals surface area contributed by atoms with E-state index in [9.17, 15) is 4.79 Å². The summed E-state index contributed by atoms with van der Waals surface area (Å²) < 4.78 is 2.02. The highest BCUT2D eigenvalue weighted by atomic mass is 32.2. The average molecular weight is 394 g/mol. The minimum Gasteiger partial charge on any atom is -0.325 e. The van der Waals surface area contributed by atoms with Gasteiger partial charge in [-0.3, -0.25) is 9.36 Å². The normalized spacial score (nSPS) is 11.0. The van der Waals surface area contributed by atoms with Gasteiger partial charge in [0, 0.05) is 23.8 Å². The maximum absolute atomic E-state index is 12.5. The summed E-state index contributed by atoms with van der Waals surface area (Å²) in [6, 6.07) is 14.6. The van der Waals surface area contributed by atoms with E-state index in [2.05, 4.69) is 61.4 Å². The van der Waals surface area contributed by atoms with Gasteiger partial charge < -0.3 is 5.32 Å². The fourth-order valence-electron chi connectivity index (χ4n) is 3.12. The number of para-hydroxylation sites is 1. The fraction of sp³-hybridized carbons (Fsp3) is 0.304. The standard InChI is InChI=1S/C23H27N3OS/c1-5-18-8-6-7-17(4)22(18)25-21(27)15-28-23-24-13-14-26(23)20-11-9-19(10-12-20)16(2)3/h6-14,16H,5,15H2,1-4H3,(H,25,27). The van der Waals surface area contributed by atoms with Crippen molar-refractivity contribution in [3.8, 4) is 5.69 Å². The van der Waals surface area contributed by atoms with Gasteiger partial charge in [0.15, 0.2) is 5.16 Å². The number of thioether (sulfide) groups is 1. The lowest BCUT2D eigenvalue weighted by molar-refractivity contribution is -0.113. The average Bonchev–Trinajstić information content (AvgIpc) is 3.16. The van der Waals surface area contributed by atoms with Crippen LogP contribution >= 0.6 is 11.8 Å². The molecule has 0 aliphatic carbocycles. The molecule has 0 fully saturated rings. The number of nitrogens with one attached hydrogen (secondary N) is 1. The fourth-order valence-corrected chi connectivity index (χ4v) is 3.89. The monoisotopic (exact) mass is 393 g/mol. The van der Waals surface area contributed by atoms with E-state index in [1.165, 1.54) is 17.3 Å². The number of anilines is 1. The molecule has 28 heavy (non-hydrogen) atoms. The van der Waals surface area contributed by atoms with Crippen molar-refractivity contribution in [1.29, 1.82) is 0 Å². The van der Waals surface area contributed by atoms with Crippen LogP contribution in [0.5, 0.6) is 0 Å². The predicted molar refractivity (Wildman–Crippen MR) is 118 cm³/mol. The van der Waals surface area contributed by atoms with Crippen LogP contribution in [-0.4, -0.2) is 21.2 Å². The van der Waals surface area contributed by atoms with Crippen LogP contribution < -0.4 is 5.32 Å². The summed E-state index contributed by atoms with van der Waals surface area (Å²) >= 11 is 1.45. The van der Waals surface area contributed by atoms with Crippen molar-refractivity contribution in [2.75, 3.05) is 11.1 Å². The number of benzene rings is 2. The smallest absolute Gasteiger partial charge is 0.234 e. The highest BCUT2D eigenvalue weighted by Gasteiger charge is 2.12. The predicted octanol–water partition coefficient (Wildman–Crippen LogP) is 5.60. The van der Waals surface area contributed by atoms with Gasteiger partial charge >= 0.3 is 0 Å². The van der Waals surface area contributed by atoms with E-state index >= 15 is 0 Å². The maximum Gasteiger partial charge on any atom is 0.234 e. The van der Waals surface area contributed by atoms with Crippen LogP contribution in [0.4, 0.5) is 5.69 Å². The van der Waals surface area contributed by atoms with Crippen LogP contribution in [0.2, 0.25) is 0 Å². The third-order valence-electron chi connectivity index (χ3n) is 4.78. The number of carbonyl (C=O) groups is 1. The highest BCUT2D eigenvalue weighted by molar-refractivity contribution is 7.99. The number of hydrogen-bond acceptors (Lipinski definition) is 3. The van der Waals surface area contributed by atoms with Gasteiger partial charge in [-0.05, 0) is 48.1 Å². The lowest BCUT2D eigenvalue weighted by Gasteiger charge is -2.13. The first-order chi connectivity index (χ1) is 13.5. The molecule has 5 heteroatoms. The van der Waals surface area contributed by atoms with Crippen LogP contribution in [-0.2, 0) is 11.2 Å². The van der Waals surface area contributed by atoms with E-state index in [1.54, 1.807) is 6.20 Å². The summed E-state index contributed by atoms with van der Waals surface area (Å²) in [5.41, 5.74) is 5.54. The Hall–Kier alpha value is -2.53. The van der Waals surface area contributed by atoms with Gasteiger partial charge in [-0.25, -0.2) is 4.98 Å². The zero-order chi connectivity index (χ0) is 20.1. The lowest BCUT2D eigenvalue weighted by atomic mass is 10.0. The Morgan fingerprint density at radius 2 is 1.93 bits per heavy atom. The number of amides is 1. The molecule has 3 aromatic rings. The van der Waals surface area contributed by atoms with E-state index in [1.807, 2.05) is 29.8 Å². The molecule has 1 N–H and O–H groups in total. The van der Waals surface area contributed by atoms with Gasteiger partial charge in [0.25, 0.3) is 0 Å². The summed E-state index contributed by atoms with van der Waals surface area (Å²) in [6.07, 6.45) is 4.59. The third-order valence-corrected chi connectivity index (χ3v) is 5.75. The largest absolute Gasteiger partial charge is 0.325 e. The van der Waals surface area contributed by atoms with Crippen molar-refractivity contribution in [2.24, 2.45) is 0 Å². The zero-order valence-corrected chi connectivity index (χ0v) is 17.7. The zero-order valence-electron chi connectivity index (χ0n) is 16.9. The first kappa shape index (κ1) is 20.2. The van der Waals surface area contributed by atoms with E-state index in [-0.39, 0.29) is 5.91 Å². The Kier molecular flexibility index (Phi) is 6.57. The summed E-state index contributed by atoms with van der Waals surface area (Å²) in [6.45, 7) is 8.49. The Labute approximate surface area is 171 Å². The Balaban J connectivity index is 1.68. The van der Waals surface area contributed by atoms with E-state index in [4.69, 9.17) is 0 Å². The molecule has 0 spiro atoms. The van der Waals surface area contributed by atoms with Crippen LogP contribution in [0.1, 0.15) is 43.4 Å². The number of rotatable bonds is 7. The summed E-state index contributed by atoms with van der Waals surface area (Å²) in [5, 5.41) is 3.89. The van der Waals surface area contributed by atoms with E-state index < -0.39 is 0 Å². The van der Waals surface area contributed by atoms with Gasteiger partial charge in [-0.2, -0.15) is 0 Å². The molecular weight excluding hydrogens is 366 g/mol. The Morgan fingerprint density at radius 3 is 2.61 bits per heavy atom. The molecule has 0 saturated heterocycles. The molecule has 1 amide bonds. The molecule has 2 aromatic carbocycles. The van der Waals surface area contributed by atoms with Crippen molar-refractivity contribution in [3.05, 3.63) is 71.5 Å². The Morgan fingerprint density at radius 1 is 1.18 bits per heavy atom. The number of imidazole rings is 1. The second kappa shape index (κ2) is 9.11. The molecule has 0 atom stereocenters. The van der Waals surface area contributed by atoms with Crippen molar-refractivity contribution in [1.82, 2.24) is 9.55 Å². The molecule has 0 radical (unpaired) electrons. The minimum absolute atomic E-state index is 0.0151. The molecule has 0 aliphatic heterocycles. The molecule has 0 aliphatic rings. The van der Waals surface area contributed by atoms with Crippen LogP contribution in [0.3, 0.4) is 0 Å². The number of aryl methyl sites for hydroxylation is 2. The van der Waals surface area contributed by atoms with Crippen LogP contribution in [0.15, 0.2) is 60.0 Å². The second-order valence-corrected chi connectivity index (χ2v) is 8.07. The summed E-state index contributed by atoms with van der Waals surface area (Å²) in [7, 11) is 0. The molecule has 0 unspecified atom stereocenters. The minimum atomic E-state index is -0.0151. The van der Waals surface area contributed by atoms with E-state index in [0.717, 1.165) is 34.1 Å². The molecule has 0 bridgehead atoms. The topological polar surface area (TPSA) is 46.9 Å². The first-order valence-electron chi connectivity index (χ1n) is 9.64. The summed E-state index contributed by atoms with van der Waals surface area (Å²) in [5.74, 6) is 0.806. The Bertz CT molecular complexity index is 945. The number of aromatic nitrogens is 2. The molecular formula is C23H27N3OS. The number of hydrogen-bond donors (Lipinski definition) is 1. The van der Waals surface area contributed by atoms with Gasteiger partial charge in [0.05, 0.1) is 5.75 Å². The van der Waals surface area contributed by atoms with Gasteiger partial charge in [-0.1, -0.05) is 62.9 Å². The summed E-state index contributed by atoms with van der Waals surface area (Å²) in [4.78, 5) is 17.0. The van der Waals surface area contributed by atoms with Crippen molar-refractivity contribution in [2.45, 2.75) is 45.2 Å². The quantitative estimate of drug-likeness (QED) is 0.532. The SMILES string of the molecule is CCc1cccc(C)c1NC(=O)CSc1nccn1-c1ccc(C(C)C)cc1. The van der Waals surface area contributed by atoms with Crippen LogP contribution in [0.25, 0.3) is 5.69 Å². The third kappa shape index (κ3) is 4.65. The molecule has 3 rings (SSSR count). The molecule has 1 heterocycles. The maximum atomic E-state index is 12.5. The molecule has 1 aromatic heterocycles. The van der Waals surface area contributed by atoms with Crippen molar-refractivity contribution >= 4 is 23.4 Å². The molecule has 4 nitrogen and oxygen atoms in total. The van der Waals surface area contributed by atoms with E-state index in [0.29, 0.717) is 11.7 Å². The van der Waals surface area contributed by atoms with Gasteiger partial charge in [-0.15, -0.1) is 0 Å². The molecule has 0 saturated carbocycles.